The third-order valence-electron chi connectivity index (χ3n) is 4.17. The van der Waals surface area contributed by atoms with E-state index in [2.05, 4.69) is 10.6 Å². The second-order valence-corrected chi connectivity index (χ2v) is 6.06. The van der Waals surface area contributed by atoms with Gasteiger partial charge in [-0.25, -0.2) is 0 Å². The first-order valence-corrected chi connectivity index (χ1v) is 7.79. The van der Waals surface area contributed by atoms with Crippen molar-refractivity contribution in [2.75, 3.05) is 40.0 Å². The minimum atomic E-state index is -0.0883. The molecule has 0 bridgehead atoms. The minimum absolute atomic E-state index is 0.0412. The number of methoxy groups -OCH3 is 1. The van der Waals surface area contributed by atoms with Crippen molar-refractivity contribution < 1.29 is 14.3 Å². The predicted molar refractivity (Wildman–Crippen MR) is 86.1 cm³/mol. The van der Waals surface area contributed by atoms with E-state index in [4.69, 9.17) is 9.47 Å². The van der Waals surface area contributed by atoms with Crippen molar-refractivity contribution in [3.8, 4) is 5.75 Å². The highest BCUT2D eigenvalue weighted by Crippen LogP contribution is 2.28. The second-order valence-electron chi connectivity index (χ2n) is 6.06. The van der Waals surface area contributed by atoms with Crippen molar-refractivity contribution in [3.05, 3.63) is 29.8 Å². The van der Waals surface area contributed by atoms with E-state index in [1.165, 1.54) is 5.56 Å². The Morgan fingerprint density at radius 1 is 1.27 bits per heavy atom. The van der Waals surface area contributed by atoms with Crippen LogP contribution in [0.2, 0.25) is 0 Å². The maximum atomic E-state index is 12.0. The Labute approximate surface area is 132 Å². The number of hydrogen-bond acceptors (Lipinski definition) is 4. The van der Waals surface area contributed by atoms with Crippen molar-refractivity contribution in [1.82, 2.24) is 10.6 Å². The molecule has 2 N–H and O–H groups in total. The summed E-state index contributed by atoms with van der Waals surface area (Å²) in [6, 6.07) is 7.69. The standard InChI is InChI=1S/C17H26N2O3/c1-14-3-5-15(6-4-14)22-11-16(20)19-12-17(13-21-2)7-9-18-10-8-17/h3-6,18H,7-13H2,1-2H3,(H,19,20). The van der Waals surface area contributed by atoms with Gasteiger partial charge in [0.15, 0.2) is 6.61 Å². The number of carbonyl (C=O) groups is 1. The first-order chi connectivity index (χ1) is 10.6. The van der Waals surface area contributed by atoms with Crippen molar-refractivity contribution in [1.29, 1.82) is 0 Å². The van der Waals surface area contributed by atoms with Gasteiger partial charge in [0.05, 0.1) is 6.61 Å². The second kappa shape index (κ2) is 8.15. The van der Waals surface area contributed by atoms with Crippen LogP contribution in [-0.4, -0.2) is 45.9 Å². The summed E-state index contributed by atoms with van der Waals surface area (Å²) in [6.07, 6.45) is 2.03. The van der Waals surface area contributed by atoms with Crippen LogP contribution in [0.3, 0.4) is 0 Å². The molecule has 0 spiro atoms. The van der Waals surface area contributed by atoms with Gasteiger partial charge in [-0.05, 0) is 45.0 Å². The fraction of sp³-hybridized carbons (Fsp3) is 0.588. The maximum Gasteiger partial charge on any atom is 0.257 e. The van der Waals surface area contributed by atoms with Crippen LogP contribution >= 0.6 is 0 Å². The number of piperidine rings is 1. The fourth-order valence-corrected chi connectivity index (χ4v) is 2.76. The van der Waals surface area contributed by atoms with Crippen LogP contribution in [0.4, 0.5) is 0 Å². The van der Waals surface area contributed by atoms with Crippen molar-refractivity contribution in [3.63, 3.8) is 0 Å². The lowest BCUT2D eigenvalue weighted by Gasteiger charge is -2.37. The largest absolute Gasteiger partial charge is 0.484 e. The molecule has 2 rings (SSSR count). The molecule has 0 unspecified atom stereocenters. The summed E-state index contributed by atoms with van der Waals surface area (Å²) in [6.45, 7) is 5.32. The lowest BCUT2D eigenvalue weighted by molar-refractivity contribution is -0.124. The molecular formula is C17H26N2O3. The monoisotopic (exact) mass is 306 g/mol. The zero-order valence-corrected chi connectivity index (χ0v) is 13.5. The van der Waals surface area contributed by atoms with E-state index in [1.807, 2.05) is 31.2 Å². The lowest BCUT2D eigenvalue weighted by atomic mass is 9.79. The smallest absolute Gasteiger partial charge is 0.257 e. The molecule has 122 valence electrons. The topological polar surface area (TPSA) is 59.6 Å². The van der Waals surface area contributed by atoms with Gasteiger partial charge in [0, 0.05) is 19.1 Å². The molecule has 0 aliphatic carbocycles. The Kier molecular flexibility index (Phi) is 6.21. The highest BCUT2D eigenvalue weighted by Gasteiger charge is 2.32. The number of ether oxygens (including phenoxy) is 2. The molecule has 0 saturated carbocycles. The van der Waals surface area contributed by atoms with Crippen LogP contribution in [0, 0.1) is 12.3 Å². The Balaban J connectivity index is 1.77. The zero-order valence-electron chi connectivity index (χ0n) is 13.5. The van der Waals surface area contributed by atoms with Gasteiger partial charge in [0.1, 0.15) is 5.75 Å². The Hall–Kier alpha value is -1.59. The van der Waals surface area contributed by atoms with Gasteiger partial charge in [-0.2, -0.15) is 0 Å². The molecule has 0 aromatic heterocycles. The SMILES string of the molecule is COCC1(CNC(=O)COc2ccc(C)cc2)CCNCC1. The average molecular weight is 306 g/mol. The average Bonchev–Trinajstić information content (AvgIpc) is 2.54. The number of hydrogen-bond donors (Lipinski definition) is 2. The molecular weight excluding hydrogens is 280 g/mol. The summed E-state index contributed by atoms with van der Waals surface area (Å²) < 4.78 is 10.8. The van der Waals surface area contributed by atoms with Gasteiger partial charge in [-0.15, -0.1) is 0 Å². The van der Waals surface area contributed by atoms with Crippen LogP contribution in [0.15, 0.2) is 24.3 Å². The zero-order chi connectivity index (χ0) is 15.8. The summed E-state index contributed by atoms with van der Waals surface area (Å²) in [7, 11) is 1.71. The van der Waals surface area contributed by atoms with Crippen LogP contribution in [0.1, 0.15) is 18.4 Å². The minimum Gasteiger partial charge on any atom is -0.484 e. The predicted octanol–water partition coefficient (Wildman–Crippen LogP) is 1.51. The number of benzene rings is 1. The Bertz CT molecular complexity index is 462. The van der Waals surface area contributed by atoms with Gasteiger partial charge in [-0.1, -0.05) is 17.7 Å². The van der Waals surface area contributed by atoms with Gasteiger partial charge in [0.2, 0.25) is 0 Å². The van der Waals surface area contributed by atoms with Gasteiger partial charge >= 0.3 is 0 Å². The van der Waals surface area contributed by atoms with Crippen molar-refractivity contribution >= 4 is 5.91 Å². The molecule has 1 aromatic carbocycles. The number of rotatable bonds is 7. The molecule has 1 fully saturated rings. The van der Waals surface area contributed by atoms with Crippen LogP contribution < -0.4 is 15.4 Å². The summed E-state index contributed by atoms with van der Waals surface area (Å²) in [5.74, 6) is 0.629. The van der Waals surface area contributed by atoms with Gasteiger partial charge < -0.3 is 20.1 Å². The highest BCUT2D eigenvalue weighted by molar-refractivity contribution is 5.77. The van der Waals surface area contributed by atoms with Crippen molar-refractivity contribution in [2.24, 2.45) is 5.41 Å². The molecule has 22 heavy (non-hydrogen) atoms. The molecule has 1 aromatic rings. The highest BCUT2D eigenvalue weighted by atomic mass is 16.5. The Morgan fingerprint density at radius 3 is 2.59 bits per heavy atom. The van der Waals surface area contributed by atoms with Crippen LogP contribution in [0.5, 0.6) is 5.75 Å². The number of carbonyl (C=O) groups excluding carboxylic acids is 1. The van der Waals surface area contributed by atoms with E-state index in [9.17, 15) is 4.79 Å². The molecule has 5 nitrogen and oxygen atoms in total. The molecule has 1 saturated heterocycles. The van der Waals surface area contributed by atoms with E-state index in [0.29, 0.717) is 18.9 Å². The third-order valence-corrected chi connectivity index (χ3v) is 4.17. The molecule has 1 aliphatic heterocycles. The van der Waals surface area contributed by atoms with E-state index < -0.39 is 0 Å². The first-order valence-electron chi connectivity index (χ1n) is 7.79. The molecule has 1 heterocycles. The van der Waals surface area contributed by atoms with Crippen LogP contribution in [0.25, 0.3) is 0 Å². The first kappa shape index (κ1) is 16.8. The molecule has 1 aliphatic rings. The van der Waals surface area contributed by atoms with Crippen molar-refractivity contribution in [2.45, 2.75) is 19.8 Å². The van der Waals surface area contributed by atoms with E-state index >= 15 is 0 Å². The van der Waals surface area contributed by atoms with Gasteiger partial charge in [0.25, 0.3) is 5.91 Å². The lowest BCUT2D eigenvalue weighted by Crippen LogP contribution is -2.47. The quantitative estimate of drug-likeness (QED) is 0.801. The Morgan fingerprint density at radius 2 is 1.95 bits per heavy atom. The molecule has 1 amide bonds. The summed E-state index contributed by atoms with van der Waals surface area (Å²) in [5, 5.41) is 6.33. The normalized spacial score (nSPS) is 17.0. The van der Waals surface area contributed by atoms with Crippen LogP contribution in [-0.2, 0) is 9.53 Å². The number of amides is 1. The summed E-state index contributed by atoms with van der Waals surface area (Å²) in [5.41, 5.74) is 1.21. The number of nitrogens with one attached hydrogen (secondary N) is 2. The third kappa shape index (κ3) is 5.00. The maximum absolute atomic E-state index is 12.0. The van der Waals surface area contributed by atoms with E-state index in [0.717, 1.165) is 25.9 Å². The fourth-order valence-electron chi connectivity index (χ4n) is 2.76. The molecule has 0 radical (unpaired) electrons. The summed E-state index contributed by atoms with van der Waals surface area (Å²) in [4.78, 5) is 12.0. The number of aryl methyl sites for hydroxylation is 1. The molecule has 5 heteroatoms. The molecule has 0 atom stereocenters. The summed E-state index contributed by atoms with van der Waals surface area (Å²) >= 11 is 0. The van der Waals surface area contributed by atoms with Gasteiger partial charge in [-0.3, -0.25) is 4.79 Å². The van der Waals surface area contributed by atoms with E-state index in [1.54, 1.807) is 7.11 Å². The van der Waals surface area contributed by atoms with E-state index in [-0.39, 0.29) is 17.9 Å².